The third-order valence-corrected chi connectivity index (χ3v) is 3.26. The molecule has 1 aromatic heterocycles. The quantitative estimate of drug-likeness (QED) is 0.858. The Bertz CT molecular complexity index is 634. The number of aryl methyl sites for hydroxylation is 2. The van der Waals surface area contributed by atoms with Crippen LogP contribution in [0.4, 0.5) is 0 Å². The van der Waals surface area contributed by atoms with Crippen LogP contribution >= 0.6 is 12.2 Å². The molecule has 0 fully saturated rings. The van der Waals surface area contributed by atoms with E-state index in [4.69, 9.17) is 17.0 Å². The number of hydrogen-bond acceptors (Lipinski definition) is 3. The van der Waals surface area contributed by atoms with Gasteiger partial charge in [-0.1, -0.05) is 24.4 Å². The maximum atomic E-state index is 5.37. The molecule has 0 aliphatic heterocycles. The Labute approximate surface area is 118 Å². The Morgan fingerprint density at radius 3 is 2.68 bits per heavy atom. The largest absolute Gasteiger partial charge is 0.374 e. The maximum absolute atomic E-state index is 5.37. The third kappa shape index (κ3) is 3.49. The summed E-state index contributed by atoms with van der Waals surface area (Å²) in [4.78, 5) is 7.55. The van der Waals surface area contributed by atoms with Gasteiger partial charge in [-0.15, -0.1) is 0 Å². The van der Waals surface area contributed by atoms with E-state index < -0.39 is 0 Å². The smallest absolute Gasteiger partial charge is 0.134 e. The fourth-order valence-corrected chi connectivity index (χ4v) is 2.07. The molecular formula is C15H18N2OS. The second-order valence-electron chi connectivity index (χ2n) is 4.52. The SMILES string of the molecule is CCOCc1nc(=S)cc(-c2ccc(C)c(C)c2)[nH]1. The standard InChI is InChI=1S/C15H18N2OS/c1-4-18-9-14-16-13(8-15(19)17-14)12-6-5-10(2)11(3)7-12/h5-8H,4,9H2,1-3H3,(H,16,17,19). The number of aromatic amines is 1. The molecule has 1 heterocycles. The lowest BCUT2D eigenvalue weighted by Gasteiger charge is -2.08. The average molecular weight is 274 g/mol. The van der Waals surface area contributed by atoms with Crippen molar-refractivity contribution < 1.29 is 4.74 Å². The van der Waals surface area contributed by atoms with Gasteiger partial charge in [0.1, 0.15) is 17.1 Å². The van der Waals surface area contributed by atoms with E-state index in [1.807, 2.05) is 13.0 Å². The van der Waals surface area contributed by atoms with Crippen molar-refractivity contribution in [1.29, 1.82) is 0 Å². The van der Waals surface area contributed by atoms with Gasteiger partial charge in [-0.25, -0.2) is 4.98 Å². The number of nitrogens with zero attached hydrogens (tertiary/aromatic N) is 1. The first-order valence-electron chi connectivity index (χ1n) is 6.35. The molecule has 0 aliphatic rings. The van der Waals surface area contributed by atoms with E-state index in [0.717, 1.165) is 17.1 Å². The lowest BCUT2D eigenvalue weighted by atomic mass is 10.0. The number of ether oxygens (including phenoxy) is 1. The van der Waals surface area contributed by atoms with Gasteiger partial charge in [0, 0.05) is 12.3 Å². The van der Waals surface area contributed by atoms with Crippen molar-refractivity contribution in [2.24, 2.45) is 0 Å². The molecule has 0 amide bonds. The van der Waals surface area contributed by atoms with Gasteiger partial charge in [-0.05, 0) is 49.6 Å². The molecule has 4 heteroatoms. The minimum absolute atomic E-state index is 0.457. The summed E-state index contributed by atoms with van der Waals surface area (Å²) < 4.78 is 5.95. The van der Waals surface area contributed by atoms with Crippen molar-refractivity contribution in [3.63, 3.8) is 0 Å². The first-order valence-corrected chi connectivity index (χ1v) is 6.76. The molecule has 2 aromatic rings. The first-order chi connectivity index (χ1) is 9.10. The maximum Gasteiger partial charge on any atom is 0.134 e. The van der Waals surface area contributed by atoms with Gasteiger partial charge in [-0.2, -0.15) is 0 Å². The van der Waals surface area contributed by atoms with E-state index in [9.17, 15) is 0 Å². The second-order valence-corrected chi connectivity index (χ2v) is 4.93. The lowest BCUT2D eigenvalue weighted by molar-refractivity contribution is 0.128. The van der Waals surface area contributed by atoms with Gasteiger partial charge < -0.3 is 9.72 Å². The van der Waals surface area contributed by atoms with Gasteiger partial charge in [0.05, 0.1) is 0 Å². The molecule has 0 bridgehead atoms. The highest BCUT2D eigenvalue weighted by Crippen LogP contribution is 2.20. The molecule has 19 heavy (non-hydrogen) atoms. The molecule has 0 atom stereocenters. The van der Waals surface area contributed by atoms with Crippen LogP contribution in [-0.2, 0) is 11.3 Å². The zero-order valence-electron chi connectivity index (χ0n) is 11.5. The van der Waals surface area contributed by atoms with Gasteiger partial charge in [0.25, 0.3) is 0 Å². The van der Waals surface area contributed by atoms with Crippen LogP contribution in [0.3, 0.4) is 0 Å². The first kappa shape index (κ1) is 13.9. The summed E-state index contributed by atoms with van der Waals surface area (Å²) in [7, 11) is 0. The Balaban J connectivity index is 2.40. The summed E-state index contributed by atoms with van der Waals surface area (Å²) >= 11 is 5.21. The monoisotopic (exact) mass is 274 g/mol. The van der Waals surface area contributed by atoms with Crippen LogP contribution in [0.25, 0.3) is 11.3 Å². The minimum atomic E-state index is 0.457. The predicted octanol–water partition coefficient (Wildman–Crippen LogP) is 3.96. The number of H-pyrrole nitrogens is 1. The van der Waals surface area contributed by atoms with Crippen LogP contribution < -0.4 is 0 Å². The molecule has 0 radical (unpaired) electrons. The molecular weight excluding hydrogens is 256 g/mol. The van der Waals surface area contributed by atoms with E-state index in [1.54, 1.807) is 0 Å². The van der Waals surface area contributed by atoms with E-state index >= 15 is 0 Å². The molecule has 0 saturated carbocycles. The molecule has 0 aliphatic carbocycles. The molecule has 1 N–H and O–H groups in total. The Morgan fingerprint density at radius 1 is 1.21 bits per heavy atom. The molecule has 3 nitrogen and oxygen atoms in total. The van der Waals surface area contributed by atoms with Gasteiger partial charge >= 0.3 is 0 Å². The normalized spacial score (nSPS) is 10.7. The van der Waals surface area contributed by atoms with Crippen LogP contribution in [0.15, 0.2) is 24.3 Å². The molecule has 1 aromatic carbocycles. The summed E-state index contributed by atoms with van der Waals surface area (Å²) in [6, 6.07) is 8.24. The van der Waals surface area contributed by atoms with E-state index in [2.05, 4.69) is 42.0 Å². The summed E-state index contributed by atoms with van der Waals surface area (Å²) in [5, 5.41) is 0. The highest BCUT2D eigenvalue weighted by atomic mass is 32.1. The molecule has 0 unspecified atom stereocenters. The van der Waals surface area contributed by atoms with E-state index in [0.29, 0.717) is 17.9 Å². The number of aromatic nitrogens is 2. The summed E-state index contributed by atoms with van der Waals surface area (Å²) in [5.74, 6) is 0.766. The van der Waals surface area contributed by atoms with Gasteiger partial charge in [0.15, 0.2) is 0 Å². The summed E-state index contributed by atoms with van der Waals surface area (Å²) in [6.45, 7) is 7.29. The number of benzene rings is 1. The van der Waals surface area contributed by atoms with Crippen LogP contribution in [0.5, 0.6) is 0 Å². The molecule has 100 valence electrons. The van der Waals surface area contributed by atoms with Crippen molar-refractivity contribution in [1.82, 2.24) is 9.97 Å². The van der Waals surface area contributed by atoms with Crippen molar-refractivity contribution >= 4 is 12.2 Å². The van der Waals surface area contributed by atoms with E-state index in [1.165, 1.54) is 11.1 Å². The van der Waals surface area contributed by atoms with Crippen LogP contribution in [-0.4, -0.2) is 16.6 Å². The van der Waals surface area contributed by atoms with E-state index in [-0.39, 0.29) is 0 Å². The zero-order chi connectivity index (χ0) is 13.8. The average Bonchev–Trinajstić information content (AvgIpc) is 2.39. The van der Waals surface area contributed by atoms with Gasteiger partial charge in [0.2, 0.25) is 0 Å². The van der Waals surface area contributed by atoms with Crippen LogP contribution in [0.1, 0.15) is 23.9 Å². The zero-order valence-corrected chi connectivity index (χ0v) is 12.3. The lowest BCUT2D eigenvalue weighted by Crippen LogP contribution is -2.00. The summed E-state index contributed by atoms with van der Waals surface area (Å²) in [6.07, 6.45) is 0. The van der Waals surface area contributed by atoms with Crippen molar-refractivity contribution in [3.05, 3.63) is 45.9 Å². The Kier molecular flexibility index (Phi) is 4.45. The van der Waals surface area contributed by atoms with Crippen LogP contribution in [0.2, 0.25) is 0 Å². The number of nitrogens with one attached hydrogen (secondary N) is 1. The molecule has 0 saturated heterocycles. The fraction of sp³-hybridized carbons (Fsp3) is 0.333. The Hall–Kier alpha value is -1.52. The molecule has 2 rings (SSSR count). The second kappa shape index (κ2) is 6.08. The topological polar surface area (TPSA) is 37.9 Å². The third-order valence-electron chi connectivity index (χ3n) is 3.05. The molecule has 0 spiro atoms. The fourth-order valence-electron chi connectivity index (χ4n) is 1.84. The van der Waals surface area contributed by atoms with Gasteiger partial charge in [-0.3, -0.25) is 0 Å². The Morgan fingerprint density at radius 2 is 2.00 bits per heavy atom. The minimum Gasteiger partial charge on any atom is -0.374 e. The number of hydrogen-bond donors (Lipinski definition) is 1. The predicted molar refractivity (Wildman–Crippen MR) is 79.7 cm³/mol. The number of rotatable bonds is 4. The van der Waals surface area contributed by atoms with Crippen molar-refractivity contribution in [3.8, 4) is 11.3 Å². The highest BCUT2D eigenvalue weighted by Gasteiger charge is 2.03. The van der Waals surface area contributed by atoms with Crippen LogP contribution in [0, 0.1) is 18.5 Å². The van der Waals surface area contributed by atoms with Crippen molar-refractivity contribution in [2.45, 2.75) is 27.4 Å². The van der Waals surface area contributed by atoms with Crippen molar-refractivity contribution in [2.75, 3.05) is 6.61 Å². The summed E-state index contributed by atoms with van der Waals surface area (Å²) in [5.41, 5.74) is 4.65. The highest BCUT2D eigenvalue weighted by molar-refractivity contribution is 7.71.